The molecule has 0 atom stereocenters. The Labute approximate surface area is 171 Å². The molecule has 1 aliphatic rings. The normalized spacial score (nSPS) is 14.3. The second kappa shape index (κ2) is 8.23. The lowest BCUT2D eigenvalue weighted by atomic mass is 10.0. The van der Waals surface area contributed by atoms with Crippen LogP contribution in [0, 0.1) is 12.3 Å². The summed E-state index contributed by atoms with van der Waals surface area (Å²) in [4.78, 5) is 27.9. The van der Waals surface area contributed by atoms with Crippen LogP contribution in [0.4, 0.5) is 17.1 Å². The van der Waals surface area contributed by atoms with Gasteiger partial charge in [-0.15, -0.1) is 0 Å². The van der Waals surface area contributed by atoms with E-state index in [4.69, 9.17) is 11.6 Å². The van der Waals surface area contributed by atoms with Gasteiger partial charge in [0.15, 0.2) is 0 Å². The molecule has 0 spiro atoms. The minimum Gasteiger partial charge on any atom is -0.372 e. The maximum absolute atomic E-state index is 12.9. The van der Waals surface area contributed by atoms with Gasteiger partial charge >= 0.3 is 0 Å². The van der Waals surface area contributed by atoms with Gasteiger partial charge < -0.3 is 15.5 Å². The average molecular weight is 400 g/mol. The van der Waals surface area contributed by atoms with Crippen molar-refractivity contribution in [2.24, 2.45) is 5.41 Å². The number of halogens is 1. The van der Waals surface area contributed by atoms with Crippen molar-refractivity contribution in [2.75, 3.05) is 28.6 Å². The molecule has 28 heavy (non-hydrogen) atoms. The third-order valence-corrected chi connectivity index (χ3v) is 5.66. The number of para-hydroxylation sites is 1. The smallest absolute Gasteiger partial charge is 0.240 e. The summed E-state index contributed by atoms with van der Waals surface area (Å²) in [5.74, 6) is -0.578. The SMILES string of the molecule is CCN(CC)c1ccc(NC(=O)C2(C(=O)Nc3ccccc3Cl)CC2)c(C)c1. The summed E-state index contributed by atoms with van der Waals surface area (Å²) in [6.45, 7) is 8.04. The molecule has 0 bridgehead atoms. The van der Waals surface area contributed by atoms with Crippen LogP contribution in [0.5, 0.6) is 0 Å². The van der Waals surface area contributed by atoms with Crippen molar-refractivity contribution >= 4 is 40.5 Å². The Kier molecular flexibility index (Phi) is 5.94. The number of hydrogen-bond donors (Lipinski definition) is 2. The first-order chi connectivity index (χ1) is 13.4. The molecule has 0 aromatic heterocycles. The van der Waals surface area contributed by atoms with E-state index in [0.29, 0.717) is 23.6 Å². The van der Waals surface area contributed by atoms with E-state index < -0.39 is 5.41 Å². The van der Waals surface area contributed by atoms with Crippen LogP contribution in [0.15, 0.2) is 42.5 Å². The van der Waals surface area contributed by atoms with Crippen LogP contribution in [0.25, 0.3) is 0 Å². The van der Waals surface area contributed by atoms with Crippen LogP contribution in [0.1, 0.15) is 32.3 Å². The Morgan fingerprint density at radius 2 is 1.61 bits per heavy atom. The van der Waals surface area contributed by atoms with E-state index in [-0.39, 0.29) is 11.8 Å². The van der Waals surface area contributed by atoms with Crippen molar-refractivity contribution in [2.45, 2.75) is 33.6 Å². The van der Waals surface area contributed by atoms with Crippen LogP contribution < -0.4 is 15.5 Å². The topological polar surface area (TPSA) is 61.4 Å². The van der Waals surface area contributed by atoms with Crippen LogP contribution in [-0.2, 0) is 9.59 Å². The zero-order valence-electron chi connectivity index (χ0n) is 16.5. The summed E-state index contributed by atoms with van der Waals surface area (Å²) in [5, 5.41) is 6.19. The Balaban J connectivity index is 1.72. The molecule has 2 aromatic carbocycles. The van der Waals surface area contributed by atoms with Crippen molar-refractivity contribution < 1.29 is 9.59 Å². The second-order valence-electron chi connectivity index (χ2n) is 7.14. The molecule has 1 fully saturated rings. The number of carbonyl (C=O) groups excluding carboxylic acids is 2. The van der Waals surface area contributed by atoms with E-state index in [2.05, 4.69) is 35.4 Å². The lowest BCUT2D eigenvalue weighted by molar-refractivity contribution is -0.131. The van der Waals surface area contributed by atoms with E-state index >= 15 is 0 Å². The van der Waals surface area contributed by atoms with Crippen molar-refractivity contribution in [1.82, 2.24) is 0 Å². The molecule has 0 heterocycles. The fourth-order valence-electron chi connectivity index (χ4n) is 3.30. The van der Waals surface area contributed by atoms with E-state index in [1.54, 1.807) is 24.3 Å². The minimum absolute atomic E-state index is 0.268. The highest BCUT2D eigenvalue weighted by molar-refractivity contribution is 6.34. The van der Waals surface area contributed by atoms with Crippen molar-refractivity contribution in [1.29, 1.82) is 0 Å². The monoisotopic (exact) mass is 399 g/mol. The third kappa shape index (κ3) is 3.99. The zero-order valence-corrected chi connectivity index (χ0v) is 17.3. The molecule has 6 heteroatoms. The summed E-state index contributed by atoms with van der Waals surface area (Å²) >= 11 is 6.11. The lowest BCUT2D eigenvalue weighted by Gasteiger charge is -2.23. The summed E-state index contributed by atoms with van der Waals surface area (Å²) < 4.78 is 0. The maximum atomic E-state index is 12.9. The van der Waals surface area contributed by atoms with Crippen molar-refractivity contribution in [3.63, 3.8) is 0 Å². The molecule has 1 aliphatic carbocycles. The van der Waals surface area contributed by atoms with E-state index in [1.165, 1.54) is 0 Å². The average Bonchev–Trinajstić information content (AvgIpc) is 3.49. The summed E-state index contributed by atoms with van der Waals surface area (Å²) in [6.07, 6.45) is 1.07. The quantitative estimate of drug-likeness (QED) is 0.654. The second-order valence-corrected chi connectivity index (χ2v) is 7.55. The first kappa shape index (κ1) is 20.2. The molecule has 0 saturated heterocycles. The molecule has 2 aromatic rings. The zero-order chi connectivity index (χ0) is 20.3. The summed E-state index contributed by atoms with van der Waals surface area (Å²) in [7, 11) is 0. The Morgan fingerprint density at radius 1 is 1.00 bits per heavy atom. The Hall–Kier alpha value is -2.53. The lowest BCUT2D eigenvalue weighted by Crippen LogP contribution is -2.35. The van der Waals surface area contributed by atoms with Crippen LogP contribution in [0.2, 0.25) is 5.02 Å². The first-order valence-electron chi connectivity index (χ1n) is 9.64. The van der Waals surface area contributed by atoms with E-state index in [0.717, 1.165) is 30.0 Å². The van der Waals surface area contributed by atoms with Gasteiger partial charge in [0, 0.05) is 24.5 Å². The first-order valence-corrected chi connectivity index (χ1v) is 10.0. The molecule has 0 radical (unpaired) electrons. The van der Waals surface area contributed by atoms with Gasteiger partial charge in [-0.25, -0.2) is 0 Å². The minimum atomic E-state index is -1.02. The molecular weight excluding hydrogens is 374 g/mol. The Bertz CT molecular complexity index is 889. The number of rotatable bonds is 7. The number of nitrogens with zero attached hydrogens (tertiary/aromatic N) is 1. The van der Waals surface area contributed by atoms with Gasteiger partial charge in [0.05, 0.1) is 10.7 Å². The number of nitrogens with one attached hydrogen (secondary N) is 2. The van der Waals surface area contributed by atoms with Crippen molar-refractivity contribution in [3.8, 4) is 0 Å². The van der Waals surface area contributed by atoms with E-state index in [9.17, 15) is 9.59 Å². The highest BCUT2D eigenvalue weighted by Gasteiger charge is 2.56. The van der Waals surface area contributed by atoms with Crippen molar-refractivity contribution in [3.05, 3.63) is 53.1 Å². The standard InChI is InChI=1S/C22H26ClN3O2/c1-4-26(5-2)16-10-11-18(15(3)14-16)24-20(27)22(12-13-22)21(28)25-19-9-7-6-8-17(19)23/h6-11,14H,4-5,12-13H2,1-3H3,(H,24,27)(H,25,28). The number of amides is 2. The molecule has 0 aliphatic heterocycles. The number of aryl methyl sites for hydroxylation is 1. The number of hydrogen-bond acceptors (Lipinski definition) is 3. The molecule has 3 rings (SSSR count). The molecule has 5 nitrogen and oxygen atoms in total. The molecule has 0 unspecified atom stereocenters. The molecular formula is C22H26ClN3O2. The fourth-order valence-corrected chi connectivity index (χ4v) is 3.49. The van der Waals surface area contributed by atoms with Crippen LogP contribution >= 0.6 is 11.6 Å². The number of benzene rings is 2. The number of anilines is 3. The predicted octanol–water partition coefficient (Wildman–Crippen LogP) is 4.85. The molecule has 2 amide bonds. The summed E-state index contributed by atoms with van der Waals surface area (Å²) in [6, 6.07) is 13.0. The Morgan fingerprint density at radius 3 is 2.14 bits per heavy atom. The van der Waals surface area contributed by atoms with Gasteiger partial charge in [-0.2, -0.15) is 0 Å². The van der Waals surface area contributed by atoms with Gasteiger partial charge in [-0.1, -0.05) is 23.7 Å². The number of carbonyl (C=O) groups is 2. The largest absolute Gasteiger partial charge is 0.372 e. The van der Waals surface area contributed by atoms with Gasteiger partial charge in [0.1, 0.15) is 5.41 Å². The highest BCUT2D eigenvalue weighted by Crippen LogP contribution is 2.48. The van der Waals surface area contributed by atoms with Crippen LogP contribution in [-0.4, -0.2) is 24.9 Å². The summed E-state index contributed by atoms with van der Waals surface area (Å²) in [5.41, 5.74) is 2.33. The third-order valence-electron chi connectivity index (χ3n) is 5.33. The predicted molar refractivity (Wildman–Crippen MR) is 115 cm³/mol. The molecule has 148 valence electrons. The molecule has 2 N–H and O–H groups in total. The maximum Gasteiger partial charge on any atom is 0.240 e. The van der Waals surface area contributed by atoms with E-state index in [1.807, 2.05) is 19.1 Å². The van der Waals surface area contributed by atoms with Gasteiger partial charge in [-0.05, 0) is 69.5 Å². The van der Waals surface area contributed by atoms with Crippen LogP contribution in [0.3, 0.4) is 0 Å². The van der Waals surface area contributed by atoms with Gasteiger partial charge in [-0.3, -0.25) is 9.59 Å². The molecule has 1 saturated carbocycles. The van der Waals surface area contributed by atoms with Gasteiger partial charge in [0.2, 0.25) is 11.8 Å². The fraction of sp³-hybridized carbons (Fsp3) is 0.364. The van der Waals surface area contributed by atoms with Gasteiger partial charge in [0.25, 0.3) is 0 Å². The highest BCUT2D eigenvalue weighted by atomic mass is 35.5.